The number of nitrogens with zero attached hydrogens (tertiary/aromatic N) is 2. The van der Waals surface area contributed by atoms with E-state index in [-0.39, 0.29) is 4.64 Å². The summed E-state index contributed by atoms with van der Waals surface area (Å²) in [5.74, 6) is 0. The van der Waals surface area contributed by atoms with Crippen LogP contribution in [0.4, 0.5) is 0 Å². The number of aromatic amines is 1. The number of ether oxygens (including phenoxy) is 1. The van der Waals surface area contributed by atoms with Crippen molar-refractivity contribution in [2.24, 2.45) is 0 Å². The first kappa shape index (κ1) is 12.3. The summed E-state index contributed by atoms with van der Waals surface area (Å²) in [4.78, 5) is 13.8. The van der Waals surface area contributed by atoms with Crippen molar-refractivity contribution >= 4 is 12.2 Å². The molecule has 4 atom stereocenters. The van der Waals surface area contributed by atoms with E-state index in [1.54, 1.807) is 0 Å². The minimum Gasteiger partial charge on any atom is -0.394 e. The molecule has 2 unspecified atom stereocenters. The largest absolute Gasteiger partial charge is 0.394 e. The topological polar surface area (TPSA) is 121 Å². The predicted molar refractivity (Wildman–Crippen MR) is 56.7 cm³/mol. The summed E-state index contributed by atoms with van der Waals surface area (Å²) in [6, 6.07) is 0. The average molecular weight is 261 g/mol. The number of rotatable bonds is 2. The highest BCUT2D eigenvalue weighted by atomic mass is 32.1. The SMILES string of the molecule is O=c1[nH]c(=S)cnn1[C@@H]1O[C@H](CO)C(O)C1O. The smallest absolute Gasteiger partial charge is 0.345 e. The van der Waals surface area contributed by atoms with Gasteiger partial charge in [-0.2, -0.15) is 9.78 Å². The van der Waals surface area contributed by atoms with Crippen LogP contribution in [0.15, 0.2) is 11.0 Å². The van der Waals surface area contributed by atoms with Gasteiger partial charge in [0.1, 0.15) is 23.0 Å². The van der Waals surface area contributed by atoms with E-state index >= 15 is 0 Å². The van der Waals surface area contributed by atoms with Crippen LogP contribution in [0.5, 0.6) is 0 Å². The summed E-state index contributed by atoms with van der Waals surface area (Å²) in [5.41, 5.74) is -0.660. The lowest BCUT2D eigenvalue weighted by Crippen LogP contribution is -2.37. The van der Waals surface area contributed by atoms with E-state index in [4.69, 9.17) is 22.1 Å². The van der Waals surface area contributed by atoms with E-state index in [0.29, 0.717) is 0 Å². The van der Waals surface area contributed by atoms with Crippen molar-refractivity contribution in [2.75, 3.05) is 6.61 Å². The number of hydrogen-bond donors (Lipinski definition) is 4. The summed E-state index contributed by atoms with van der Waals surface area (Å²) in [6.45, 7) is -0.466. The highest BCUT2D eigenvalue weighted by Crippen LogP contribution is 2.27. The molecule has 1 aromatic heterocycles. The number of aliphatic hydroxyl groups is 3. The number of aromatic nitrogens is 3. The molecule has 0 aliphatic carbocycles. The molecule has 9 heteroatoms. The van der Waals surface area contributed by atoms with Gasteiger partial charge in [-0.15, -0.1) is 0 Å². The van der Waals surface area contributed by atoms with Gasteiger partial charge in [-0.3, -0.25) is 4.98 Å². The third-order valence-electron chi connectivity index (χ3n) is 2.50. The second-order valence-electron chi connectivity index (χ2n) is 3.61. The molecule has 1 aromatic rings. The standard InChI is InChI=1S/C8H11N3O5S/c12-2-3-5(13)6(14)7(16-3)11-8(15)10-4(17)1-9-11/h1,3,5-7,12-14H,2H2,(H,10,15,17)/t3-,5?,6?,7-/m1/s1. The van der Waals surface area contributed by atoms with Crippen LogP contribution in [0.3, 0.4) is 0 Å². The molecule has 2 rings (SSSR count). The van der Waals surface area contributed by atoms with Gasteiger partial charge in [0.15, 0.2) is 6.23 Å². The highest BCUT2D eigenvalue weighted by Gasteiger charge is 2.44. The van der Waals surface area contributed by atoms with Crippen molar-refractivity contribution in [1.29, 1.82) is 0 Å². The van der Waals surface area contributed by atoms with Gasteiger partial charge in [0.2, 0.25) is 0 Å². The Morgan fingerprint density at radius 3 is 2.76 bits per heavy atom. The number of nitrogens with one attached hydrogen (secondary N) is 1. The Morgan fingerprint density at radius 2 is 2.24 bits per heavy atom. The fourth-order valence-corrected chi connectivity index (χ4v) is 1.76. The quantitative estimate of drug-likeness (QED) is 0.450. The molecule has 1 aliphatic heterocycles. The second-order valence-corrected chi connectivity index (χ2v) is 4.05. The molecule has 0 aromatic carbocycles. The summed E-state index contributed by atoms with van der Waals surface area (Å²) in [7, 11) is 0. The number of H-pyrrole nitrogens is 1. The summed E-state index contributed by atoms with van der Waals surface area (Å²) < 4.78 is 6.12. The van der Waals surface area contributed by atoms with Crippen molar-refractivity contribution in [1.82, 2.24) is 14.8 Å². The Labute approximate surface area is 100 Å². The Hall–Kier alpha value is -1.13. The lowest BCUT2D eigenvalue weighted by molar-refractivity contribution is -0.0617. The van der Waals surface area contributed by atoms with Gasteiger partial charge in [0.05, 0.1) is 12.8 Å². The zero-order valence-electron chi connectivity index (χ0n) is 8.55. The van der Waals surface area contributed by atoms with Crippen molar-refractivity contribution < 1.29 is 20.1 Å². The monoisotopic (exact) mass is 261 g/mol. The van der Waals surface area contributed by atoms with E-state index in [1.807, 2.05) is 0 Å². The summed E-state index contributed by atoms with van der Waals surface area (Å²) in [5, 5.41) is 31.8. The first-order valence-corrected chi connectivity index (χ1v) is 5.26. The molecular weight excluding hydrogens is 250 g/mol. The molecular formula is C8H11N3O5S. The fraction of sp³-hybridized carbons (Fsp3) is 0.625. The van der Waals surface area contributed by atoms with Crippen molar-refractivity contribution in [3.8, 4) is 0 Å². The minimum atomic E-state index is -1.35. The number of hydrogen-bond acceptors (Lipinski definition) is 7. The lowest BCUT2D eigenvalue weighted by atomic mass is 10.1. The fourth-order valence-electron chi connectivity index (χ4n) is 1.63. The Balaban J connectivity index is 2.35. The van der Waals surface area contributed by atoms with Crippen LogP contribution in [0, 0.1) is 4.64 Å². The third kappa shape index (κ3) is 2.15. The maximum atomic E-state index is 11.5. The number of aliphatic hydroxyl groups excluding tert-OH is 3. The molecule has 0 spiro atoms. The van der Waals surface area contributed by atoms with E-state index in [9.17, 15) is 15.0 Å². The molecule has 8 nitrogen and oxygen atoms in total. The zero-order chi connectivity index (χ0) is 12.6. The van der Waals surface area contributed by atoms with E-state index in [2.05, 4.69) is 10.1 Å². The van der Waals surface area contributed by atoms with Gasteiger partial charge in [-0.05, 0) is 0 Å². The third-order valence-corrected chi connectivity index (χ3v) is 2.70. The molecule has 0 bridgehead atoms. The summed E-state index contributed by atoms with van der Waals surface area (Å²) in [6.07, 6.45) is -3.51. The average Bonchev–Trinajstić information content (AvgIpc) is 2.57. The molecule has 17 heavy (non-hydrogen) atoms. The molecule has 2 heterocycles. The van der Waals surface area contributed by atoms with Crippen LogP contribution in [0.2, 0.25) is 0 Å². The van der Waals surface area contributed by atoms with Crippen molar-refractivity contribution in [2.45, 2.75) is 24.5 Å². The maximum Gasteiger partial charge on any atom is 0.345 e. The van der Waals surface area contributed by atoms with Crippen molar-refractivity contribution in [3.05, 3.63) is 21.3 Å². The first-order valence-electron chi connectivity index (χ1n) is 4.85. The van der Waals surface area contributed by atoms with Crippen LogP contribution in [-0.2, 0) is 4.74 Å². The van der Waals surface area contributed by atoms with E-state index in [0.717, 1.165) is 4.68 Å². The highest BCUT2D eigenvalue weighted by molar-refractivity contribution is 7.71. The minimum absolute atomic E-state index is 0.151. The van der Waals surface area contributed by atoms with Crippen LogP contribution in [0.25, 0.3) is 0 Å². The van der Waals surface area contributed by atoms with Gasteiger partial charge in [-0.25, -0.2) is 4.79 Å². The van der Waals surface area contributed by atoms with Crippen molar-refractivity contribution in [3.63, 3.8) is 0 Å². The van der Waals surface area contributed by atoms with Gasteiger partial charge in [-0.1, -0.05) is 12.2 Å². The zero-order valence-corrected chi connectivity index (χ0v) is 9.37. The van der Waals surface area contributed by atoms with Crippen LogP contribution in [0.1, 0.15) is 6.23 Å². The molecule has 0 radical (unpaired) electrons. The Morgan fingerprint density at radius 1 is 1.53 bits per heavy atom. The Bertz CT molecular complexity index is 514. The molecule has 4 N–H and O–H groups in total. The van der Waals surface area contributed by atoms with Crippen LogP contribution >= 0.6 is 12.2 Å². The molecule has 1 aliphatic rings. The van der Waals surface area contributed by atoms with Crippen LogP contribution < -0.4 is 5.69 Å². The molecule has 0 amide bonds. The van der Waals surface area contributed by atoms with E-state index in [1.165, 1.54) is 6.20 Å². The predicted octanol–water partition coefficient (Wildman–Crippen LogP) is -2.09. The molecule has 0 saturated carbocycles. The Kier molecular flexibility index (Phi) is 3.35. The normalized spacial score (nSPS) is 32.9. The maximum absolute atomic E-state index is 11.5. The molecule has 1 fully saturated rings. The van der Waals surface area contributed by atoms with Gasteiger partial charge < -0.3 is 20.1 Å². The molecule has 1 saturated heterocycles. The second kappa shape index (κ2) is 4.63. The van der Waals surface area contributed by atoms with Gasteiger partial charge in [0.25, 0.3) is 0 Å². The van der Waals surface area contributed by atoms with Gasteiger partial charge >= 0.3 is 5.69 Å². The lowest BCUT2D eigenvalue weighted by Gasteiger charge is -2.15. The summed E-state index contributed by atoms with van der Waals surface area (Å²) >= 11 is 4.71. The van der Waals surface area contributed by atoms with Crippen LogP contribution in [-0.4, -0.2) is 55.0 Å². The van der Waals surface area contributed by atoms with E-state index < -0.39 is 36.8 Å². The molecule has 94 valence electrons. The first-order chi connectivity index (χ1) is 8.04. The van der Waals surface area contributed by atoms with Gasteiger partial charge in [0, 0.05) is 0 Å².